The summed E-state index contributed by atoms with van der Waals surface area (Å²) in [6, 6.07) is -0.332. The Morgan fingerprint density at radius 1 is 1.67 bits per heavy atom. The molecule has 86 valence electrons. The number of nitrogens with zero attached hydrogens (tertiary/aromatic N) is 1. The number of hydrogen-bond acceptors (Lipinski definition) is 2. The van der Waals surface area contributed by atoms with Crippen LogP contribution in [0.3, 0.4) is 0 Å². The van der Waals surface area contributed by atoms with Crippen LogP contribution >= 0.6 is 0 Å². The summed E-state index contributed by atoms with van der Waals surface area (Å²) in [6.07, 6.45) is 4.05. The average molecular weight is 210 g/mol. The molecular weight excluding hydrogens is 188 g/mol. The molecule has 3 heteroatoms. The summed E-state index contributed by atoms with van der Waals surface area (Å²) in [5.74, 6) is 0.373. The second-order valence-electron chi connectivity index (χ2n) is 4.50. The van der Waals surface area contributed by atoms with Gasteiger partial charge in [-0.3, -0.25) is 4.79 Å². The molecule has 3 nitrogen and oxygen atoms in total. The van der Waals surface area contributed by atoms with E-state index in [0.29, 0.717) is 0 Å². The Bertz CT molecular complexity index is 260. The lowest BCUT2D eigenvalue weighted by Crippen LogP contribution is -2.48. The van der Waals surface area contributed by atoms with Crippen LogP contribution < -0.4 is 5.73 Å². The first-order valence-electron chi connectivity index (χ1n) is 5.76. The Morgan fingerprint density at radius 3 is 2.80 bits per heavy atom. The third kappa shape index (κ3) is 3.06. The van der Waals surface area contributed by atoms with Gasteiger partial charge in [0, 0.05) is 13.1 Å². The fraction of sp³-hybridized carbons (Fsp3) is 0.750. The van der Waals surface area contributed by atoms with Crippen LogP contribution in [0.25, 0.3) is 0 Å². The summed E-state index contributed by atoms with van der Waals surface area (Å²) in [5, 5.41) is 0. The van der Waals surface area contributed by atoms with Gasteiger partial charge in [0.05, 0.1) is 6.04 Å². The quantitative estimate of drug-likeness (QED) is 0.718. The summed E-state index contributed by atoms with van der Waals surface area (Å²) >= 11 is 0. The van der Waals surface area contributed by atoms with Gasteiger partial charge in [0.2, 0.25) is 5.91 Å². The number of amides is 1. The van der Waals surface area contributed by atoms with Crippen LogP contribution in [0, 0.1) is 5.92 Å². The van der Waals surface area contributed by atoms with E-state index < -0.39 is 0 Å². The van der Waals surface area contributed by atoms with Crippen molar-refractivity contribution in [2.75, 3.05) is 13.1 Å². The predicted octanol–water partition coefficient (Wildman–Crippen LogP) is 1.54. The molecule has 0 unspecified atom stereocenters. The minimum atomic E-state index is -0.332. The molecule has 1 rings (SSSR count). The average Bonchev–Trinajstić information content (AvgIpc) is 2.27. The van der Waals surface area contributed by atoms with Crippen molar-refractivity contribution in [2.45, 2.75) is 39.7 Å². The van der Waals surface area contributed by atoms with E-state index in [-0.39, 0.29) is 17.9 Å². The Balaban J connectivity index is 2.54. The van der Waals surface area contributed by atoms with Crippen molar-refractivity contribution in [1.29, 1.82) is 0 Å². The van der Waals surface area contributed by atoms with Gasteiger partial charge in [-0.05, 0) is 19.3 Å². The molecule has 2 atom stereocenters. The third-order valence-corrected chi connectivity index (χ3v) is 3.29. The first kappa shape index (κ1) is 12.2. The summed E-state index contributed by atoms with van der Waals surface area (Å²) in [6.45, 7) is 7.77. The number of nitrogens with two attached hydrogens (primary N) is 1. The van der Waals surface area contributed by atoms with Gasteiger partial charge >= 0.3 is 0 Å². The molecule has 0 aromatic carbocycles. The van der Waals surface area contributed by atoms with Crippen molar-refractivity contribution in [3.63, 3.8) is 0 Å². The molecule has 0 fully saturated rings. The standard InChI is InChI=1S/C12H22N2O/c1-4-10(3)11(13)12(15)14-7-5-9(2)6-8-14/h5,10-11H,4,6-8,13H2,1-3H3/t10-,11-/m0/s1. The molecule has 0 aliphatic carbocycles. The lowest BCUT2D eigenvalue weighted by Gasteiger charge is -2.29. The first-order valence-corrected chi connectivity index (χ1v) is 5.76. The van der Waals surface area contributed by atoms with E-state index >= 15 is 0 Å². The lowest BCUT2D eigenvalue weighted by molar-refractivity contribution is -0.133. The van der Waals surface area contributed by atoms with Crippen LogP contribution in [0.5, 0.6) is 0 Å². The van der Waals surface area contributed by atoms with Crippen molar-refractivity contribution in [3.05, 3.63) is 11.6 Å². The van der Waals surface area contributed by atoms with Gasteiger partial charge in [0.25, 0.3) is 0 Å². The molecule has 1 aliphatic rings. The summed E-state index contributed by atoms with van der Waals surface area (Å²) in [5.41, 5.74) is 7.30. The van der Waals surface area contributed by atoms with Gasteiger partial charge in [-0.2, -0.15) is 0 Å². The number of carbonyl (C=O) groups is 1. The van der Waals surface area contributed by atoms with Gasteiger partial charge in [-0.25, -0.2) is 0 Å². The second kappa shape index (κ2) is 5.31. The molecule has 0 saturated carbocycles. The number of hydrogen-bond donors (Lipinski definition) is 1. The number of carbonyl (C=O) groups excluding carboxylic acids is 1. The van der Waals surface area contributed by atoms with E-state index in [1.807, 2.05) is 11.8 Å². The zero-order valence-electron chi connectivity index (χ0n) is 9.99. The van der Waals surface area contributed by atoms with E-state index in [2.05, 4.69) is 19.9 Å². The zero-order valence-corrected chi connectivity index (χ0v) is 9.99. The molecule has 0 spiro atoms. The van der Waals surface area contributed by atoms with Crippen molar-refractivity contribution in [2.24, 2.45) is 11.7 Å². The molecule has 1 amide bonds. The molecule has 0 aromatic rings. The first-order chi connectivity index (χ1) is 7.06. The van der Waals surface area contributed by atoms with E-state index in [1.54, 1.807) is 0 Å². The number of rotatable bonds is 3. The van der Waals surface area contributed by atoms with Crippen molar-refractivity contribution >= 4 is 5.91 Å². The minimum absolute atomic E-state index is 0.105. The molecule has 0 radical (unpaired) electrons. The Hall–Kier alpha value is -0.830. The van der Waals surface area contributed by atoms with E-state index in [0.717, 1.165) is 25.9 Å². The maximum Gasteiger partial charge on any atom is 0.240 e. The molecule has 15 heavy (non-hydrogen) atoms. The van der Waals surface area contributed by atoms with E-state index in [4.69, 9.17) is 5.73 Å². The Labute approximate surface area is 92.3 Å². The fourth-order valence-electron chi connectivity index (χ4n) is 1.68. The van der Waals surface area contributed by atoms with Crippen LogP contribution in [0.2, 0.25) is 0 Å². The third-order valence-electron chi connectivity index (χ3n) is 3.29. The van der Waals surface area contributed by atoms with Crippen molar-refractivity contribution in [3.8, 4) is 0 Å². The van der Waals surface area contributed by atoms with Crippen LogP contribution in [0.4, 0.5) is 0 Å². The largest absolute Gasteiger partial charge is 0.337 e. The molecular formula is C12H22N2O. The monoisotopic (exact) mass is 210 g/mol. The summed E-state index contributed by atoms with van der Waals surface area (Å²) in [7, 11) is 0. The smallest absolute Gasteiger partial charge is 0.240 e. The Kier molecular flexibility index (Phi) is 4.33. The van der Waals surface area contributed by atoms with E-state index in [9.17, 15) is 4.79 Å². The molecule has 0 saturated heterocycles. The maximum atomic E-state index is 12.0. The van der Waals surface area contributed by atoms with Crippen LogP contribution in [0.15, 0.2) is 11.6 Å². The van der Waals surface area contributed by atoms with Gasteiger partial charge in [-0.15, -0.1) is 0 Å². The molecule has 0 bridgehead atoms. The van der Waals surface area contributed by atoms with E-state index in [1.165, 1.54) is 5.57 Å². The topological polar surface area (TPSA) is 46.3 Å². The van der Waals surface area contributed by atoms with Crippen LogP contribution in [-0.2, 0) is 4.79 Å². The molecule has 1 aliphatic heterocycles. The van der Waals surface area contributed by atoms with Crippen LogP contribution in [0.1, 0.15) is 33.6 Å². The van der Waals surface area contributed by atoms with Gasteiger partial charge in [-0.1, -0.05) is 31.9 Å². The summed E-state index contributed by atoms with van der Waals surface area (Å²) < 4.78 is 0. The lowest BCUT2D eigenvalue weighted by atomic mass is 9.98. The summed E-state index contributed by atoms with van der Waals surface area (Å²) in [4.78, 5) is 13.8. The van der Waals surface area contributed by atoms with Crippen molar-refractivity contribution in [1.82, 2.24) is 4.90 Å². The minimum Gasteiger partial charge on any atom is -0.337 e. The predicted molar refractivity (Wildman–Crippen MR) is 62.4 cm³/mol. The highest BCUT2D eigenvalue weighted by molar-refractivity contribution is 5.82. The normalized spacial score (nSPS) is 20.8. The van der Waals surface area contributed by atoms with Gasteiger partial charge < -0.3 is 10.6 Å². The van der Waals surface area contributed by atoms with Gasteiger partial charge in [0.15, 0.2) is 0 Å². The zero-order chi connectivity index (χ0) is 11.4. The maximum absolute atomic E-state index is 12.0. The molecule has 0 aromatic heterocycles. The highest BCUT2D eigenvalue weighted by atomic mass is 16.2. The highest BCUT2D eigenvalue weighted by Crippen LogP contribution is 2.13. The molecule has 1 heterocycles. The van der Waals surface area contributed by atoms with Crippen molar-refractivity contribution < 1.29 is 4.79 Å². The van der Waals surface area contributed by atoms with Gasteiger partial charge in [0.1, 0.15) is 0 Å². The SMILES string of the molecule is CC[C@H](C)[C@H](N)C(=O)N1CC=C(C)CC1. The highest BCUT2D eigenvalue weighted by Gasteiger charge is 2.25. The molecule has 2 N–H and O–H groups in total. The fourth-order valence-corrected chi connectivity index (χ4v) is 1.68. The second-order valence-corrected chi connectivity index (χ2v) is 4.50. The Morgan fingerprint density at radius 2 is 2.33 bits per heavy atom. The van der Waals surface area contributed by atoms with Crippen LogP contribution in [-0.4, -0.2) is 29.9 Å².